The van der Waals surface area contributed by atoms with Gasteiger partial charge in [-0.25, -0.2) is 0 Å². The van der Waals surface area contributed by atoms with Crippen LogP contribution in [0.25, 0.3) is 0 Å². The van der Waals surface area contributed by atoms with Crippen molar-refractivity contribution in [3.8, 4) is 5.75 Å². The lowest BCUT2D eigenvalue weighted by atomic mass is 10.2. The van der Waals surface area contributed by atoms with Crippen molar-refractivity contribution in [2.24, 2.45) is 5.73 Å². The van der Waals surface area contributed by atoms with E-state index < -0.39 is 24.3 Å². The number of carbonyl (C=O) groups excluding carboxylic acids is 2. The highest BCUT2D eigenvalue weighted by Gasteiger charge is 2.16. The van der Waals surface area contributed by atoms with E-state index in [9.17, 15) is 14.7 Å². The Morgan fingerprint density at radius 2 is 2.00 bits per heavy atom. The van der Waals surface area contributed by atoms with Crippen molar-refractivity contribution in [3.63, 3.8) is 0 Å². The van der Waals surface area contributed by atoms with E-state index in [1.165, 1.54) is 12.1 Å². The van der Waals surface area contributed by atoms with E-state index in [0.717, 1.165) is 0 Å². The molecule has 2 amide bonds. The Kier molecular flexibility index (Phi) is 3.84. The number of phenolic OH excluding ortho intramolecular Hbond substituents is 1. The summed E-state index contributed by atoms with van der Waals surface area (Å²) in [6.07, 6.45) is -1.96. The molecule has 0 radical (unpaired) electrons. The number of anilines is 1. The average molecular weight is 224 g/mol. The number of aromatic hydroxyl groups is 1. The van der Waals surface area contributed by atoms with Gasteiger partial charge in [0.2, 0.25) is 11.8 Å². The predicted molar refractivity (Wildman–Crippen MR) is 56.6 cm³/mol. The van der Waals surface area contributed by atoms with Gasteiger partial charge >= 0.3 is 0 Å². The molecule has 1 rings (SSSR count). The molecule has 0 saturated heterocycles. The van der Waals surface area contributed by atoms with E-state index >= 15 is 0 Å². The van der Waals surface area contributed by atoms with Gasteiger partial charge in [-0.3, -0.25) is 9.59 Å². The summed E-state index contributed by atoms with van der Waals surface area (Å²) >= 11 is 0. The van der Waals surface area contributed by atoms with Crippen molar-refractivity contribution in [3.05, 3.63) is 24.3 Å². The molecule has 1 aromatic rings. The van der Waals surface area contributed by atoms with Gasteiger partial charge in [0, 0.05) is 0 Å². The summed E-state index contributed by atoms with van der Waals surface area (Å²) < 4.78 is 0. The van der Waals surface area contributed by atoms with Gasteiger partial charge in [-0.1, -0.05) is 12.1 Å². The van der Waals surface area contributed by atoms with Gasteiger partial charge in [-0.2, -0.15) is 0 Å². The lowest BCUT2D eigenvalue weighted by Crippen LogP contribution is -2.32. The minimum atomic E-state index is -1.52. The number of nitrogens with two attached hydrogens (primary N) is 1. The summed E-state index contributed by atoms with van der Waals surface area (Å²) in [5.74, 6) is -1.66. The van der Waals surface area contributed by atoms with Crippen LogP contribution in [0.5, 0.6) is 5.75 Å². The second-order valence-electron chi connectivity index (χ2n) is 3.19. The second kappa shape index (κ2) is 5.13. The van der Waals surface area contributed by atoms with Crippen LogP contribution in [0.4, 0.5) is 5.69 Å². The average Bonchev–Trinajstić information content (AvgIpc) is 2.21. The molecule has 1 unspecified atom stereocenters. The summed E-state index contributed by atoms with van der Waals surface area (Å²) in [5.41, 5.74) is 5.00. The van der Waals surface area contributed by atoms with Crippen molar-refractivity contribution in [2.45, 2.75) is 12.5 Å². The topological polar surface area (TPSA) is 113 Å². The van der Waals surface area contributed by atoms with Crippen LogP contribution in [0.2, 0.25) is 0 Å². The number of para-hydroxylation sites is 2. The molecule has 16 heavy (non-hydrogen) atoms. The van der Waals surface area contributed by atoms with Crippen LogP contribution in [-0.4, -0.2) is 28.1 Å². The Balaban J connectivity index is 2.59. The van der Waals surface area contributed by atoms with E-state index in [-0.39, 0.29) is 11.4 Å². The number of rotatable bonds is 4. The highest BCUT2D eigenvalue weighted by Crippen LogP contribution is 2.21. The molecular weight excluding hydrogens is 212 g/mol. The Labute approximate surface area is 91.7 Å². The van der Waals surface area contributed by atoms with Gasteiger partial charge in [-0.05, 0) is 12.1 Å². The quantitative estimate of drug-likeness (QED) is 0.519. The molecule has 0 aliphatic rings. The molecular formula is C10H12N2O4. The van der Waals surface area contributed by atoms with E-state index in [4.69, 9.17) is 10.8 Å². The Hall–Kier alpha value is -2.08. The van der Waals surface area contributed by atoms with Crippen LogP contribution in [0.15, 0.2) is 24.3 Å². The molecule has 0 aromatic heterocycles. The number of carbonyl (C=O) groups is 2. The van der Waals surface area contributed by atoms with Crippen LogP contribution in [0, 0.1) is 0 Å². The lowest BCUT2D eigenvalue weighted by molar-refractivity contribution is -0.130. The molecule has 0 spiro atoms. The highest BCUT2D eigenvalue weighted by molar-refractivity contribution is 5.95. The maximum absolute atomic E-state index is 11.3. The van der Waals surface area contributed by atoms with Gasteiger partial charge in [0.15, 0.2) is 0 Å². The molecule has 0 aliphatic heterocycles. The molecule has 6 nitrogen and oxygen atoms in total. The fraction of sp³-hybridized carbons (Fsp3) is 0.200. The minimum absolute atomic E-state index is 0.0931. The Morgan fingerprint density at radius 3 is 2.56 bits per heavy atom. The summed E-state index contributed by atoms with van der Waals surface area (Å²) in [5, 5.41) is 20.7. The summed E-state index contributed by atoms with van der Waals surface area (Å²) in [7, 11) is 0. The molecule has 0 bridgehead atoms. The predicted octanol–water partition coefficient (Wildman–Crippen LogP) is -0.433. The smallest absolute Gasteiger partial charge is 0.246 e. The number of hydrogen-bond donors (Lipinski definition) is 4. The molecule has 0 heterocycles. The summed E-state index contributed by atoms with van der Waals surface area (Å²) in [6, 6.07) is 6.12. The van der Waals surface area contributed by atoms with E-state index in [0.29, 0.717) is 0 Å². The van der Waals surface area contributed by atoms with E-state index in [1.54, 1.807) is 12.1 Å². The molecule has 86 valence electrons. The van der Waals surface area contributed by atoms with E-state index in [1.807, 2.05) is 0 Å². The number of aliphatic hydroxyl groups is 1. The monoisotopic (exact) mass is 224 g/mol. The maximum atomic E-state index is 11.3. The summed E-state index contributed by atoms with van der Waals surface area (Å²) in [4.78, 5) is 21.8. The van der Waals surface area contributed by atoms with Gasteiger partial charge in [0.05, 0.1) is 12.1 Å². The number of aliphatic hydroxyl groups excluding tert-OH is 1. The van der Waals surface area contributed by atoms with Crippen LogP contribution in [0.1, 0.15) is 6.42 Å². The third-order valence-corrected chi connectivity index (χ3v) is 1.89. The standard InChI is InChI=1S/C10H12N2O4/c11-10(16)8(14)5-9(15)12-6-3-1-2-4-7(6)13/h1-4,8,13-14H,5H2,(H2,11,16)(H,12,15). The van der Waals surface area contributed by atoms with Gasteiger partial charge in [0.1, 0.15) is 11.9 Å². The van der Waals surface area contributed by atoms with Crippen molar-refractivity contribution in [2.75, 3.05) is 5.32 Å². The second-order valence-corrected chi connectivity index (χ2v) is 3.19. The van der Waals surface area contributed by atoms with Crippen molar-refractivity contribution < 1.29 is 19.8 Å². The number of phenols is 1. The largest absolute Gasteiger partial charge is 0.506 e. The zero-order valence-electron chi connectivity index (χ0n) is 8.38. The lowest BCUT2D eigenvalue weighted by Gasteiger charge is -2.08. The number of primary amides is 1. The van der Waals surface area contributed by atoms with Crippen molar-refractivity contribution in [1.29, 1.82) is 0 Å². The third-order valence-electron chi connectivity index (χ3n) is 1.89. The third kappa shape index (κ3) is 3.25. The highest BCUT2D eigenvalue weighted by atomic mass is 16.3. The fourth-order valence-corrected chi connectivity index (χ4v) is 1.06. The number of amides is 2. The van der Waals surface area contributed by atoms with Gasteiger partial charge < -0.3 is 21.3 Å². The Morgan fingerprint density at radius 1 is 1.38 bits per heavy atom. The maximum Gasteiger partial charge on any atom is 0.246 e. The van der Waals surface area contributed by atoms with Gasteiger partial charge in [0.25, 0.3) is 0 Å². The minimum Gasteiger partial charge on any atom is -0.506 e. The SMILES string of the molecule is NC(=O)C(O)CC(=O)Nc1ccccc1O. The first-order chi connectivity index (χ1) is 7.50. The number of nitrogens with one attached hydrogen (secondary N) is 1. The zero-order valence-corrected chi connectivity index (χ0v) is 8.38. The molecule has 1 aromatic carbocycles. The first-order valence-corrected chi connectivity index (χ1v) is 4.56. The van der Waals surface area contributed by atoms with Crippen LogP contribution in [-0.2, 0) is 9.59 Å². The normalized spacial score (nSPS) is 11.8. The van der Waals surface area contributed by atoms with Crippen LogP contribution in [0.3, 0.4) is 0 Å². The first-order valence-electron chi connectivity index (χ1n) is 4.56. The van der Waals surface area contributed by atoms with Crippen LogP contribution >= 0.6 is 0 Å². The summed E-state index contributed by atoms with van der Waals surface area (Å²) in [6.45, 7) is 0. The van der Waals surface area contributed by atoms with Gasteiger partial charge in [-0.15, -0.1) is 0 Å². The van der Waals surface area contributed by atoms with Crippen molar-refractivity contribution >= 4 is 17.5 Å². The Bertz CT molecular complexity index is 406. The van der Waals surface area contributed by atoms with Crippen molar-refractivity contribution in [1.82, 2.24) is 0 Å². The molecule has 0 aliphatic carbocycles. The van der Waals surface area contributed by atoms with Crippen LogP contribution < -0.4 is 11.1 Å². The first kappa shape index (κ1) is 12.0. The molecule has 5 N–H and O–H groups in total. The molecule has 6 heteroatoms. The zero-order chi connectivity index (χ0) is 12.1. The number of hydrogen-bond acceptors (Lipinski definition) is 4. The van der Waals surface area contributed by atoms with E-state index in [2.05, 4.69) is 5.32 Å². The molecule has 0 saturated carbocycles. The molecule has 0 fully saturated rings. The fourth-order valence-electron chi connectivity index (χ4n) is 1.06. The molecule has 1 atom stereocenters. The number of benzene rings is 1.